The molecule has 0 saturated carbocycles. The molecule has 12 heteroatoms. The lowest BCUT2D eigenvalue weighted by Gasteiger charge is -2.12. The lowest BCUT2D eigenvalue weighted by molar-refractivity contribution is -0.274. The quantitative estimate of drug-likeness (QED) is 0.511. The van der Waals surface area contributed by atoms with Gasteiger partial charge in [-0.2, -0.15) is 0 Å². The van der Waals surface area contributed by atoms with Crippen molar-refractivity contribution in [3.05, 3.63) is 54.3 Å². The third-order valence-corrected chi connectivity index (χ3v) is 6.74. The number of rotatable bonds is 7. The van der Waals surface area contributed by atoms with Gasteiger partial charge in [-0.15, -0.1) is 13.2 Å². The number of aromatic nitrogens is 2. The van der Waals surface area contributed by atoms with Crippen LogP contribution in [0, 0.1) is 6.92 Å². The van der Waals surface area contributed by atoms with E-state index in [4.69, 9.17) is 5.73 Å². The molecule has 0 aliphatic carbocycles. The normalized spacial score (nSPS) is 13.2. The predicted octanol–water partition coefficient (Wildman–Crippen LogP) is 3.97. The van der Waals surface area contributed by atoms with E-state index < -0.39 is 28.0 Å². The van der Waals surface area contributed by atoms with Gasteiger partial charge in [0.05, 0.1) is 6.54 Å². The van der Waals surface area contributed by atoms with Gasteiger partial charge < -0.3 is 15.0 Å². The minimum Gasteiger partial charge on any atom is -0.406 e. The summed E-state index contributed by atoms with van der Waals surface area (Å²) in [5.41, 5.74) is 7.04. The summed E-state index contributed by atoms with van der Waals surface area (Å²) in [6.45, 7) is 1.43. The Bertz CT molecular complexity index is 1320. The van der Waals surface area contributed by atoms with E-state index in [2.05, 4.69) is 9.72 Å². The van der Waals surface area contributed by atoms with Crippen LogP contribution in [-0.4, -0.2) is 49.3 Å². The largest absolute Gasteiger partial charge is 0.573 e. The van der Waals surface area contributed by atoms with Crippen LogP contribution < -0.4 is 10.5 Å². The molecule has 178 valence electrons. The highest BCUT2D eigenvalue weighted by atomic mass is 32.2. The van der Waals surface area contributed by atoms with E-state index in [9.17, 15) is 26.0 Å². The third-order valence-electron chi connectivity index (χ3n) is 4.96. The van der Waals surface area contributed by atoms with Crippen molar-refractivity contribution in [1.29, 1.82) is 0 Å². The van der Waals surface area contributed by atoms with Crippen LogP contribution in [-0.2, 0) is 16.6 Å². The molecule has 0 aliphatic heterocycles. The fraction of sp³-hybridized carbons (Fsp3) is 0.286. The zero-order valence-electron chi connectivity index (χ0n) is 18.0. The lowest BCUT2D eigenvalue weighted by Crippen LogP contribution is -2.22. The Morgan fingerprint density at radius 1 is 1.24 bits per heavy atom. The molecule has 2 N–H and O–H groups in total. The Balaban J connectivity index is 2.28. The molecule has 33 heavy (non-hydrogen) atoms. The number of nitrogens with zero attached hydrogens (tertiary/aromatic N) is 3. The van der Waals surface area contributed by atoms with E-state index in [-0.39, 0.29) is 18.0 Å². The zero-order valence-corrected chi connectivity index (χ0v) is 18.8. The van der Waals surface area contributed by atoms with E-state index in [1.54, 1.807) is 11.5 Å². The molecule has 0 unspecified atom stereocenters. The summed E-state index contributed by atoms with van der Waals surface area (Å²) in [6.07, 6.45) is -1.14. The fourth-order valence-corrected chi connectivity index (χ4v) is 4.37. The van der Waals surface area contributed by atoms with Gasteiger partial charge >= 0.3 is 6.36 Å². The molecule has 1 aromatic carbocycles. The summed E-state index contributed by atoms with van der Waals surface area (Å²) in [5.74, 6) is -0.988. The molecule has 3 aromatic rings. The maximum atomic E-state index is 14.3. The van der Waals surface area contributed by atoms with E-state index in [0.717, 1.165) is 10.4 Å². The van der Waals surface area contributed by atoms with Crippen molar-refractivity contribution >= 4 is 20.9 Å². The van der Waals surface area contributed by atoms with E-state index in [1.165, 1.54) is 50.8 Å². The topological polar surface area (TPSA) is 90.5 Å². The molecule has 0 saturated heterocycles. The molecule has 7 nitrogen and oxygen atoms in total. The second kappa shape index (κ2) is 9.12. The van der Waals surface area contributed by atoms with Crippen LogP contribution in [0.4, 0.5) is 17.6 Å². The van der Waals surface area contributed by atoms with Crippen LogP contribution in [0.5, 0.6) is 5.75 Å². The number of pyridine rings is 1. The number of halogens is 4. The van der Waals surface area contributed by atoms with Gasteiger partial charge in [-0.25, -0.2) is 17.1 Å². The maximum Gasteiger partial charge on any atom is 0.573 e. The van der Waals surface area contributed by atoms with Crippen molar-refractivity contribution in [3.63, 3.8) is 0 Å². The van der Waals surface area contributed by atoms with Crippen LogP contribution in [0.1, 0.15) is 5.69 Å². The van der Waals surface area contributed by atoms with Crippen LogP contribution in [0.2, 0.25) is 0 Å². The second-order valence-corrected chi connectivity index (χ2v) is 9.51. The van der Waals surface area contributed by atoms with E-state index in [0.29, 0.717) is 27.7 Å². The molecule has 0 spiro atoms. The van der Waals surface area contributed by atoms with Crippen molar-refractivity contribution in [2.24, 2.45) is 5.73 Å². The molecular weight excluding hydrogens is 464 g/mol. The number of hydrogen-bond acceptors (Lipinski definition) is 5. The van der Waals surface area contributed by atoms with Gasteiger partial charge in [0.2, 0.25) is 10.0 Å². The van der Waals surface area contributed by atoms with Crippen molar-refractivity contribution in [2.75, 3.05) is 20.6 Å². The highest BCUT2D eigenvalue weighted by Gasteiger charge is 2.31. The summed E-state index contributed by atoms with van der Waals surface area (Å²) >= 11 is 0. The number of alkyl halides is 3. The molecule has 2 heterocycles. The van der Waals surface area contributed by atoms with Crippen molar-refractivity contribution in [1.82, 2.24) is 13.9 Å². The second-order valence-electron chi connectivity index (χ2n) is 7.36. The Morgan fingerprint density at radius 3 is 2.55 bits per heavy atom. The first-order chi connectivity index (χ1) is 15.3. The van der Waals surface area contributed by atoms with Crippen molar-refractivity contribution in [2.45, 2.75) is 24.7 Å². The molecular formula is C21H22F4N4O3S. The highest BCUT2D eigenvalue weighted by Crippen LogP contribution is 2.38. The van der Waals surface area contributed by atoms with Gasteiger partial charge in [-0.05, 0) is 37.3 Å². The molecule has 0 fully saturated rings. The lowest BCUT2D eigenvalue weighted by atomic mass is 10.0. The number of fused-ring (bicyclic) bond motifs is 1. The molecule has 2 aromatic heterocycles. The number of sulfonamides is 1. The molecule has 0 radical (unpaired) electrons. The Morgan fingerprint density at radius 2 is 1.94 bits per heavy atom. The van der Waals surface area contributed by atoms with Crippen molar-refractivity contribution < 1.29 is 30.7 Å². The highest BCUT2D eigenvalue weighted by molar-refractivity contribution is 7.89. The zero-order chi connectivity index (χ0) is 24.6. The van der Waals surface area contributed by atoms with Gasteiger partial charge in [-0.1, -0.05) is 0 Å². The third kappa shape index (κ3) is 5.18. The monoisotopic (exact) mass is 486 g/mol. The number of benzene rings is 1. The summed E-state index contributed by atoms with van der Waals surface area (Å²) < 4.78 is 84.4. The fourth-order valence-electron chi connectivity index (χ4n) is 3.48. The first kappa shape index (κ1) is 24.7. The number of allylic oxidation sites excluding steroid dienone is 1. The molecule has 0 amide bonds. The summed E-state index contributed by atoms with van der Waals surface area (Å²) in [6, 6.07) is 5.07. The smallest absolute Gasteiger partial charge is 0.406 e. The SMILES string of the molecule is Cc1c(-c2cncc(S(=O)(=O)N(C)C)c2)c2cc(OC(F)(F)F)ccc2n1CC(F)=CCN. The predicted molar refractivity (Wildman–Crippen MR) is 116 cm³/mol. The van der Waals surface area contributed by atoms with Gasteiger partial charge in [0.25, 0.3) is 0 Å². The average Bonchev–Trinajstić information content (AvgIpc) is 2.97. The Labute approximate surface area is 188 Å². The van der Waals surface area contributed by atoms with Crippen LogP contribution >= 0.6 is 0 Å². The van der Waals surface area contributed by atoms with Crippen LogP contribution in [0.25, 0.3) is 22.0 Å². The average molecular weight is 486 g/mol. The Hall–Kier alpha value is -2.96. The van der Waals surface area contributed by atoms with Gasteiger partial charge in [0.1, 0.15) is 16.5 Å². The van der Waals surface area contributed by atoms with E-state index >= 15 is 0 Å². The van der Waals surface area contributed by atoms with Gasteiger partial charge in [0.15, 0.2) is 0 Å². The van der Waals surface area contributed by atoms with E-state index in [1.807, 2.05) is 0 Å². The molecule has 3 rings (SSSR count). The minimum atomic E-state index is -4.90. The maximum absolute atomic E-state index is 14.3. The first-order valence-corrected chi connectivity index (χ1v) is 11.1. The number of hydrogen-bond donors (Lipinski definition) is 1. The van der Waals surface area contributed by atoms with Crippen molar-refractivity contribution in [3.8, 4) is 16.9 Å². The van der Waals surface area contributed by atoms with Gasteiger partial charge in [0, 0.05) is 60.8 Å². The molecule has 0 atom stereocenters. The number of ether oxygens (including phenoxy) is 1. The Kier molecular flexibility index (Phi) is 6.82. The number of nitrogens with two attached hydrogens (primary N) is 1. The first-order valence-electron chi connectivity index (χ1n) is 9.66. The van der Waals surface area contributed by atoms with Gasteiger partial charge in [-0.3, -0.25) is 4.98 Å². The van der Waals surface area contributed by atoms with Crippen LogP contribution in [0.15, 0.2) is 53.5 Å². The summed E-state index contributed by atoms with van der Waals surface area (Å²) in [7, 11) is -1.08. The summed E-state index contributed by atoms with van der Waals surface area (Å²) in [5, 5.41) is 0.316. The minimum absolute atomic E-state index is 0.0190. The van der Waals surface area contributed by atoms with Crippen LogP contribution in [0.3, 0.4) is 0 Å². The molecule has 0 aliphatic rings. The molecule has 0 bridgehead atoms. The summed E-state index contributed by atoms with van der Waals surface area (Å²) in [4.78, 5) is 3.92. The standard InChI is InChI=1S/C21H22F4N4O3S/c1-13-20(14-8-17(11-27-10-14)33(30,31)28(2)3)18-9-16(32-21(23,24)25)4-5-19(18)29(13)12-15(22)6-7-26/h4-6,8-11H,7,12,26H2,1-3H3.